The molecule has 0 aliphatic rings. The van der Waals surface area contributed by atoms with Crippen molar-refractivity contribution in [2.75, 3.05) is 6.61 Å². The Balaban J connectivity index is 2.61. The van der Waals surface area contributed by atoms with Crippen LogP contribution < -0.4 is 4.74 Å². The van der Waals surface area contributed by atoms with Crippen molar-refractivity contribution < 1.29 is 4.74 Å². The third kappa shape index (κ3) is 3.67. The van der Waals surface area contributed by atoms with E-state index >= 15 is 0 Å². The zero-order valence-corrected chi connectivity index (χ0v) is 9.71. The van der Waals surface area contributed by atoms with Crippen LogP contribution in [-0.4, -0.2) is 6.61 Å². The number of benzene rings is 1. The molecule has 0 aliphatic heterocycles. The SMILES string of the molecule is C#CCCOc1ccc(C(C)(C)C)cc1. The first-order chi connectivity index (χ1) is 7.04. The van der Waals surface area contributed by atoms with E-state index in [1.54, 1.807) is 0 Å². The van der Waals surface area contributed by atoms with Gasteiger partial charge in [-0.05, 0) is 23.1 Å². The second-order valence-corrected chi connectivity index (χ2v) is 4.58. The van der Waals surface area contributed by atoms with Gasteiger partial charge in [0.15, 0.2) is 0 Å². The molecule has 1 aromatic rings. The van der Waals surface area contributed by atoms with Crippen molar-refractivity contribution in [2.45, 2.75) is 32.6 Å². The molecular formula is C14H18O. The molecule has 15 heavy (non-hydrogen) atoms. The van der Waals surface area contributed by atoms with Crippen molar-refractivity contribution >= 4 is 0 Å². The molecule has 0 N–H and O–H groups in total. The van der Waals surface area contributed by atoms with Gasteiger partial charge in [0, 0.05) is 6.42 Å². The lowest BCUT2D eigenvalue weighted by atomic mass is 9.87. The van der Waals surface area contributed by atoms with E-state index in [1.807, 2.05) is 12.1 Å². The Hall–Kier alpha value is -1.42. The maximum absolute atomic E-state index is 5.47. The molecule has 0 aliphatic carbocycles. The molecule has 0 aromatic heterocycles. The summed E-state index contributed by atoms with van der Waals surface area (Å²) in [5.41, 5.74) is 1.50. The van der Waals surface area contributed by atoms with Crippen LogP contribution in [0, 0.1) is 12.3 Å². The Labute approximate surface area is 92.5 Å². The van der Waals surface area contributed by atoms with E-state index in [4.69, 9.17) is 11.2 Å². The first-order valence-electron chi connectivity index (χ1n) is 5.21. The van der Waals surface area contributed by atoms with Crippen LogP contribution in [0.3, 0.4) is 0 Å². The quantitative estimate of drug-likeness (QED) is 0.539. The monoisotopic (exact) mass is 202 g/mol. The van der Waals surface area contributed by atoms with Crippen molar-refractivity contribution in [3.8, 4) is 18.1 Å². The van der Waals surface area contributed by atoms with Crippen LogP contribution in [0.15, 0.2) is 24.3 Å². The fourth-order valence-electron chi connectivity index (χ4n) is 1.28. The molecule has 0 atom stereocenters. The van der Waals surface area contributed by atoms with Gasteiger partial charge in [-0.3, -0.25) is 0 Å². The number of hydrogen-bond donors (Lipinski definition) is 0. The summed E-state index contributed by atoms with van der Waals surface area (Å²) in [4.78, 5) is 0. The van der Waals surface area contributed by atoms with Gasteiger partial charge in [-0.15, -0.1) is 12.3 Å². The van der Waals surface area contributed by atoms with Crippen molar-refractivity contribution in [3.05, 3.63) is 29.8 Å². The first-order valence-corrected chi connectivity index (χ1v) is 5.21. The molecule has 0 radical (unpaired) electrons. The van der Waals surface area contributed by atoms with Gasteiger partial charge in [-0.2, -0.15) is 0 Å². The number of hydrogen-bond acceptors (Lipinski definition) is 1. The van der Waals surface area contributed by atoms with Crippen LogP contribution in [0.5, 0.6) is 5.75 Å². The predicted molar refractivity (Wildman–Crippen MR) is 64.1 cm³/mol. The van der Waals surface area contributed by atoms with E-state index in [9.17, 15) is 0 Å². The molecule has 80 valence electrons. The molecule has 1 nitrogen and oxygen atoms in total. The fraction of sp³-hybridized carbons (Fsp3) is 0.429. The lowest BCUT2D eigenvalue weighted by molar-refractivity contribution is 0.327. The zero-order valence-electron chi connectivity index (χ0n) is 9.71. The molecule has 0 heterocycles. The molecule has 1 aromatic carbocycles. The average Bonchev–Trinajstić information content (AvgIpc) is 2.18. The summed E-state index contributed by atoms with van der Waals surface area (Å²) in [5.74, 6) is 3.44. The van der Waals surface area contributed by atoms with E-state index < -0.39 is 0 Å². The highest BCUT2D eigenvalue weighted by molar-refractivity contribution is 5.31. The molecule has 0 saturated carbocycles. The molecular weight excluding hydrogens is 184 g/mol. The van der Waals surface area contributed by atoms with E-state index in [0.29, 0.717) is 13.0 Å². The molecule has 0 amide bonds. The van der Waals surface area contributed by atoms with E-state index in [-0.39, 0.29) is 5.41 Å². The van der Waals surface area contributed by atoms with Gasteiger partial charge in [-0.1, -0.05) is 32.9 Å². The van der Waals surface area contributed by atoms with Gasteiger partial charge in [0.05, 0.1) is 6.61 Å². The summed E-state index contributed by atoms with van der Waals surface area (Å²) in [6.45, 7) is 7.18. The third-order valence-corrected chi connectivity index (χ3v) is 2.24. The van der Waals surface area contributed by atoms with Crippen LogP contribution in [0.4, 0.5) is 0 Å². The topological polar surface area (TPSA) is 9.23 Å². The molecule has 0 fully saturated rings. The van der Waals surface area contributed by atoms with Gasteiger partial charge in [0.1, 0.15) is 5.75 Å². The van der Waals surface area contributed by atoms with E-state index in [0.717, 1.165) is 5.75 Å². The van der Waals surface area contributed by atoms with Crippen LogP contribution in [-0.2, 0) is 5.41 Å². The van der Waals surface area contributed by atoms with Gasteiger partial charge in [-0.25, -0.2) is 0 Å². The Morgan fingerprint density at radius 2 is 1.80 bits per heavy atom. The summed E-state index contributed by atoms with van der Waals surface area (Å²) in [6.07, 6.45) is 5.80. The molecule has 0 saturated heterocycles. The van der Waals surface area contributed by atoms with E-state index in [2.05, 4.69) is 38.8 Å². The predicted octanol–water partition coefficient (Wildman–Crippen LogP) is 3.39. The fourth-order valence-corrected chi connectivity index (χ4v) is 1.28. The largest absolute Gasteiger partial charge is 0.493 e. The van der Waals surface area contributed by atoms with Crippen LogP contribution >= 0.6 is 0 Å². The van der Waals surface area contributed by atoms with Crippen molar-refractivity contribution in [3.63, 3.8) is 0 Å². The lowest BCUT2D eigenvalue weighted by Crippen LogP contribution is -2.10. The normalized spacial score (nSPS) is 10.8. The Kier molecular flexibility index (Phi) is 3.80. The molecule has 0 unspecified atom stereocenters. The number of rotatable bonds is 3. The lowest BCUT2D eigenvalue weighted by Gasteiger charge is -2.19. The highest BCUT2D eigenvalue weighted by atomic mass is 16.5. The maximum atomic E-state index is 5.47. The standard InChI is InChI=1S/C14H18O/c1-5-6-11-15-13-9-7-12(8-10-13)14(2,3)4/h1,7-10H,6,11H2,2-4H3. The third-order valence-electron chi connectivity index (χ3n) is 2.24. The summed E-state index contributed by atoms with van der Waals surface area (Å²) in [6, 6.07) is 8.20. The second kappa shape index (κ2) is 4.89. The summed E-state index contributed by atoms with van der Waals surface area (Å²) in [7, 11) is 0. The maximum Gasteiger partial charge on any atom is 0.119 e. The average molecular weight is 202 g/mol. The van der Waals surface area contributed by atoms with Crippen LogP contribution in [0.25, 0.3) is 0 Å². The van der Waals surface area contributed by atoms with Crippen molar-refractivity contribution in [1.82, 2.24) is 0 Å². The highest BCUT2D eigenvalue weighted by Gasteiger charge is 2.12. The second-order valence-electron chi connectivity index (χ2n) is 4.58. The van der Waals surface area contributed by atoms with Crippen molar-refractivity contribution in [2.24, 2.45) is 0 Å². The van der Waals surface area contributed by atoms with Gasteiger partial charge >= 0.3 is 0 Å². The Morgan fingerprint density at radius 3 is 2.27 bits per heavy atom. The van der Waals surface area contributed by atoms with Gasteiger partial charge in [0.2, 0.25) is 0 Å². The summed E-state index contributed by atoms with van der Waals surface area (Å²) >= 11 is 0. The Bertz CT molecular complexity index is 335. The molecule has 0 bridgehead atoms. The van der Waals surface area contributed by atoms with Crippen molar-refractivity contribution in [1.29, 1.82) is 0 Å². The zero-order chi connectivity index (χ0) is 11.3. The highest BCUT2D eigenvalue weighted by Crippen LogP contribution is 2.24. The molecule has 1 rings (SSSR count). The number of ether oxygens (including phenoxy) is 1. The summed E-state index contributed by atoms with van der Waals surface area (Å²) < 4.78 is 5.47. The Morgan fingerprint density at radius 1 is 1.20 bits per heavy atom. The minimum absolute atomic E-state index is 0.192. The van der Waals surface area contributed by atoms with Crippen LogP contribution in [0.2, 0.25) is 0 Å². The molecule has 1 heteroatoms. The van der Waals surface area contributed by atoms with E-state index in [1.165, 1.54) is 5.56 Å². The minimum atomic E-state index is 0.192. The van der Waals surface area contributed by atoms with Gasteiger partial charge in [0.25, 0.3) is 0 Å². The van der Waals surface area contributed by atoms with Crippen LogP contribution in [0.1, 0.15) is 32.8 Å². The minimum Gasteiger partial charge on any atom is -0.493 e. The first kappa shape index (κ1) is 11.7. The smallest absolute Gasteiger partial charge is 0.119 e. The molecule has 0 spiro atoms. The van der Waals surface area contributed by atoms with Gasteiger partial charge < -0.3 is 4.74 Å². The number of terminal acetylenes is 1. The summed E-state index contributed by atoms with van der Waals surface area (Å²) in [5, 5.41) is 0.